The zero-order valence-corrected chi connectivity index (χ0v) is 38.3. The Morgan fingerprint density at radius 3 is 0.754 bits per heavy atom. The van der Waals surface area contributed by atoms with Gasteiger partial charge >= 0.3 is 0 Å². The average molecular weight is 889 g/mol. The maximum absolute atomic E-state index is 2.41. The van der Waals surface area contributed by atoms with Gasteiger partial charge in [-0.25, -0.2) is 0 Å². The molecule has 1 aromatic heterocycles. The lowest BCUT2D eigenvalue weighted by molar-refractivity contribution is 1.62. The summed E-state index contributed by atoms with van der Waals surface area (Å²) in [6.45, 7) is 0. The van der Waals surface area contributed by atoms with Crippen molar-refractivity contribution in [2.45, 2.75) is 0 Å². The van der Waals surface area contributed by atoms with E-state index in [1.807, 2.05) is 11.3 Å². The molecule has 0 bridgehead atoms. The largest absolute Gasteiger partial charge is 0.135 e. The highest BCUT2D eigenvalue weighted by Crippen LogP contribution is 2.61. The molecule has 13 aromatic rings. The van der Waals surface area contributed by atoms with Gasteiger partial charge in [0.15, 0.2) is 0 Å². The first-order valence-corrected chi connectivity index (χ1v) is 24.7. The lowest BCUT2D eigenvalue weighted by Crippen LogP contribution is -1.93. The van der Waals surface area contributed by atoms with E-state index in [0.29, 0.717) is 0 Å². The Bertz CT molecular complexity index is 3800. The lowest BCUT2D eigenvalue weighted by Gasteiger charge is -2.20. The van der Waals surface area contributed by atoms with E-state index in [1.165, 1.54) is 153 Å². The third-order valence-electron chi connectivity index (χ3n) is 15.0. The van der Waals surface area contributed by atoms with Gasteiger partial charge in [-0.2, -0.15) is 0 Å². The average Bonchev–Trinajstić information content (AvgIpc) is 4.13. The molecular weight excluding hydrogens is 849 g/mol. The maximum atomic E-state index is 2.41. The topological polar surface area (TPSA) is 0 Å². The van der Waals surface area contributed by atoms with Gasteiger partial charge in [0.25, 0.3) is 0 Å². The first-order chi connectivity index (χ1) is 34.3. The maximum Gasteiger partial charge on any atom is 0.0355 e. The molecule has 318 valence electrons. The Morgan fingerprint density at radius 1 is 0.174 bits per heavy atom. The molecule has 0 unspecified atom stereocenters. The Hall–Kier alpha value is -8.62. The van der Waals surface area contributed by atoms with Crippen molar-refractivity contribution in [2.24, 2.45) is 0 Å². The van der Waals surface area contributed by atoms with Crippen molar-refractivity contribution in [3.63, 3.8) is 0 Å². The molecule has 0 aliphatic heterocycles. The molecule has 0 saturated carbocycles. The highest BCUT2D eigenvalue weighted by atomic mass is 32.1. The van der Waals surface area contributed by atoms with E-state index in [9.17, 15) is 0 Å². The van der Waals surface area contributed by atoms with Gasteiger partial charge in [0.2, 0.25) is 0 Å². The minimum Gasteiger partial charge on any atom is -0.135 e. The van der Waals surface area contributed by atoms with Crippen LogP contribution in [0.1, 0.15) is 0 Å². The van der Waals surface area contributed by atoms with Crippen LogP contribution in [-0.4, -0.2) is 0 Å². The zero-order valence-electron chi connectivity index (χ0n) is 37.5. The fourth-order valence-corrected chi connectivity index (χ4v) is 13.4. The molecule has 0 saturated heterocycles. The second-order valence-electron chi connectivity index (χ2n) is 18.5. The molecule has 0 atom stereocenters. The van der Waals surface area contributed by atoms with E-state index in [4.69, 9.17) is 0 Å². The third-order valence-corrected chi connectivity index (χ3v) is 16.1. The third kappa shape index (κ3) is 5.51. The first kappa shape index (κ1) is 38.5. The molecule has 0 fully saturated rings. The van der Waals surface area contributed by atoms with Gasteiger partial charge in [-0.1, -0.05) is 231 Å². The van der Waals surface area contributed by atoms with E-state index >= 15 is 0 Å². The Balaban J connectivity index is 0.930. The quantitative estimate of drug-likeness (QED) is 0.156. The summed E-state index contributed by atoms with van der Waals surface area (Å²) in [6.07, 6.45) is 0. The molecule has 0 amide bonds. The summed E-state index contributed by atoms with van der Waals surface area (Å²) in [7, 11) is 0. The molecule has 0 N–H and O–H groups in total. The van der Waals surface area contributed by atoms with Crippen LogP contribution >= 0.6 is 11.3 Å². The van der Waals surface area contributed by atoms with Crippen LogP contribution in [0.4, 0.5) is 0 Å². The molecule has 1 heteroatoms. The fourth-order valence-electron chi connectivity index (χ4n) is 12.3. The highest BCUT2D eigenvalue weighted by Gasteiger charge is 2.33. The van der Waals surface area contributed by atoms with Crippen LogP contribution in [0.2, 0.25) is 0 Å². The number of thiophene rings is 1. The van der Waals surface area contributed by atoms with Crippen LogP contribution in [0.15, 0.2) is 243 Å². The molecule has 12 aromatic carbocycles. The molecule has 0 nitrogen and oxygen atoms in total. The van der Waals surface area contributed by atoms with Crippen molar-refractivity contribution in [1.29, 1.82) is 0 Å². The van der Waals surface area contributed by atoms with Crippen LogP contribution < -0.4 is 0 Å². The Morgan fingerprint density at radius 2 is 0.435 bits per heavy atom. The fraction of sp³-hybridized carbons (Fsp3) is 0. The Labute approximate surface area is 404 Å². The summed E-state index contributed by atoms with van der Waals surface area (Å²) in [4.78, 5) is 2.55. The van der Waals surface area contributed by atoms with Crippen LogP contribution in [0.25, 0.3) is 153 Å². The number of hydrogen-bond acceptors (Lipinski definition) is 1. The van der Waals surface area contributed by atoms with E-state index in [1.54, 1.807) is 0 Å². The van der Waals surface area contributed by atoms with Crippen LogP contribution in [0, 0.1) is 0 Å². The van der Waals surface area contributed by atoms with Crippen LogP contribution in [0.5, 0.6) is 0 Å². The standard InChI is InChI=1S/C68H40S/c1-5-19-41(20-6-1)59-49-27-13-15-29-51(49)61(43-23-9-3-10-24-43)67-55-37-35-45(47-31-17-33-53(63(47)55)65(59)67)57-39-40-58(69-57)46-36-38-56-64-48(46)32-18-34-54(64)66-60(42-21-7-2-8-22-42)50-28-14-16-30-52(50)62(68(56)66)44-25-11-4-12-26-44/h1-40H. The molecule has 69 heavy (non-hydrogen) atoms. The summed E-state index contributed by atoms with van der Waals surface area (Å²) < 4.78 is 0. The van der Waals surface area contributed by atoms with Gasteiger partial charge in [-0.3, -0.25) is 0 Å². The highest BCUT2D eigenvalue weighted by molar-refractivity contribution is 7.19. The molecule has 2 aliphatic carbocycles. The number of benzene rings is 12. The van der Waals surface area contributed by atoms with Gasteiger partial charge < -0.3 is 0 Å². The van der Waals surface area contributed by atoms with E-state index in [2.05, 4.69) is 243 Å². The minimum absolute atomic E-state index is 1.24. The van der Waals surface area contributed by atoms with Crippen molar-refractivity contribution in [2.75, 3.05) is 0 Å². The van der Waals surface area contributed by atoms with Crippen molar-refractivity contribution in [1.82, 2.24) is 0 Å². The molecular formula is C68H40S. The van der Waals surface area contributed by atoms with Crippen LogP contribution in [-0.2, 0) is 0 Å². The van der Waals surface area contributed by atoms with Crippen molar-refractivity contribution >= 4 is 54.4 Å². The van der Waals surface area contributed by atoms with Crippen molar-refractivity contribution < 1.29 is 0 Å². The van der Waals surface area contributed by atoms with Gasteiger partial charge in [0.1, 0.15) is 0 Å². The lowest BCUT2D eigenvalue weighted by atomic mass is 9.82. The molecule has 0 radical (unpaired) electrons. The second kappa shape index (κ2) is 14.9. The molecule has 1 heterocycles. The summed E-state index contributed by atoms with van der Waals surface area (Å²) >= 11 is 1.91. The van der Waals surface area contributed by atoms with E-state index in [0.717, 1.165) is 0 Å². The Kier molecular flexibility index (Phi) is 8.33. The number of hydrogen-bond donors (Lipinski definition) is 0. The molecule has 15 rings (SSSR count). The monoisotopic (exact) mass is 888 g/mol. The van der Waals surface area contributed by atoms with Crippen LogP contribution in [0.3, 0.4) is 0 Å². The van der Waals surface area contributed by atoms with Crippen molar-refractivity contribution in [3.8, 4) is 110 Å². The first-order valence-electron chi connectivity index (χ1n) is 23.9. The van der Waals surface area contributed by atoms with E-state index < -0.39 is 0 Å². The van der Waals surface area contributed by atoms with Gasteiger partial charge in [0.05, 0.1) is 0 Å². The number of rotatable bonds is 6. The molecule has 0 spiro atoms. The molecule has 2 aliphatic rings. The smallest absolute Gasteiger partial charge is 0.0355 e. The summed E-state index contributed by atoms with van der Waals surface area (Å²) in [5.74, 6) is 0. The predicted octanol–water partition coefficient (Wildman–Crippen LogP) is 19.7. The summed E-state index contributed by atoms with van der Waals surface area (Å²) in [5.41, 5.74) is 23.3. The number of fused-ring (bicyclic) bond motifs is 8. The second-order valence-corrected chi connectivity index (χ2v) is 19.6. The van der Waals surface area contributed by atoms with Gasteiger partial charge in [0, 0.05) is 9.75 Å². The summed E-state index contributed by atoms with van der Waals surface area (Å²) in [5, 5.41) is 10.4. The van der Waals surface area contributed by atoms with E-state index in [-0.39, 0.29) is 0 Å². The zero-order chi connectivity index (χ0) is 45.2. The summed E-state index contributed by atoms with van der Waals surface area (Å²) in [6, 6.07) is 90.4. The van der Waals surface area contributed by atoms with Gasteiger partial charge in [-0.05, 0) is 155 Å². The van der Waals surface area contributed by atoms with Crippen molar-refractivity contribution in [3.05, 3.63) is 243 Å². The van der Waals surface area contributed by atoms with Gasteiger partial charge in [-0.15, -0.1) is 11.3 Å². The normalized spacial score (nSPS) is 12.1. The minimum atomic E-state index is 1.24. The SMILES string of the molecule is c1ccc(-c2c3c(c(-c4ccccc4)c4ccccc24)-c2ccc(-c4ccc(-c5ccc6c7c(cccc57)-c5c-6c(-c6ccccc6)c6ccccc6c5-c5ccccc5)s4)c4cccc-3c24)cc1. The predicted molar refractivity (Wildman–Crippen MR) is 296 cm³/mol.